The number of halogens is 2. The van der Waals surface area contributed by atoms with E-state index in [4.69, 9.17) is 17.0 Å². The fourth-order valence-corrected chi connectivity index (χ4v) is 4.40. The second kappa shape index (κ2) is 6.54. The first-order valence-corrected chi connectivity index (χ1v) is 8.55. The van der Waals surface area contributed by atoms with Gasteiger partial charge in [0, 0.05) is 11.8 Å². The van der Waals surface area contributed by atoms with Gasteiger partial charge in [0.05, 0.1) is 49.1 Å². The molecule has 0 saturated heterocycles. The van der Waals surface area contributed by atoms with Crippen molar-refractivity contribution in [2.45, 2.75) is 5.92 Å². The van der Waals surface area contributed by atoms with Gasteiger partial charge >= 0.3 is 0 Å². The molecule has 1 aliphatic heterocycles. The second-order valence-electron chi connectivity index (χ2n) is 6.80. The van der Waals surface area contributed by atoms with Crippen LogP contribution in [0.25, 0.3) is 0 Å². The summed E-state index contributed by atoms with van der Waals surface area (Å²) in [4.78, 5) is 1.14. The molecular formula is C19H16ClFN5+. The molecule has 3 rings (SSSR count). The molecule has 1 aromatic carbocycles. The molecule has 5 nitrogen and oxygen atoms in total. The summed E-state index contributed by atoms with van der Waals surface area (Å²) in [6.07, 6.45) is 1.91. The van der Waals surface area contributed by atoms with Crippen molar-refractivity contribution in [1.29, 1.82) is 21.2 Å². The van der Waals surface area contributed by atoms with Gasteiger partial charge in [0.2, 0.25) is 0 Å². The molecule has 130 valence electrons. The number of likely N-dealkylation sites (N-methyl/N-ethyl adjacent to an activating group) is 1. The highest BCUT2D eigenvalue weighted by Gasteiger charge is 2.58. The van der Waals surface area contributed by atoms with Crippen molar-refractivity contribution >= 4 is 17.3 Å². The molecular weight excluding hydrogens is 353 g/mol. The SMILES string of the molecule is C[NH+]1CC=C2C(C#N)C(=N)C(C#N)(C#N)[C@@H](c3cccc(F)c3Cl)[C@@H]2C1. The lowest BCUT2D eigenvalue weighted by molar-refractivity contribution is -0.878. The Labute approximate surface area is 156 Å². The van der Waals surface area contributed by atoms with Crippen LogP contribution in [0.5, 0.6) is 0 Å². The molecule has 2 N–H and O–H groups in total. The van der Waals surface area contributed by atoms with Gasteiger partial charge in [-0.1, -0.05) is 23.7 Å². The average molecular weight is 369 g/mol. The van der Waals surface area contributed by atoms with Crippen LogP contribution in [-0.4, -0.2) is 25.8 Å². The van der Waals surface area contributed by atoms with E-state index in [1.54, 1.807) is 6.07 Å². The predicted molar refractivity (Wildman–Crippen MR) is 92.8 cm³/mol. The highest BCUT2D eigenvalue weighted by atomic mass is 35.5. The molecule has 2 unspecified atom stereocenters. The minimum Gasteiger partial charge on any atom is -0.334 e. The Balaban J connectivity index is 2.32. The minimum absolute atomic E-state index is 0.141. The van der Waals surface area contributed by atoms with Crippen LogP contribution in [0, 0.1) is 62.5 Å². The monoisotopic (exact) mass is 368 g/mol. The Morgan fingerprint density at radius 3 is 2.62 bits per heavy atom. The topological polar surface area (TPSA) is 99.7 Å². The number of nitriles is 3. The summed E-state index contributed by atoms with van der Waals surface area (Å²) in [7, 11) is 1.97. The van der Waals surface area contributed by atoms with Gasteiger partial charge in [-0.25, -0.2) is 4.39 Å². The zero-order valence-electron chi connectivity index (χ0n) is 14.1. The van der Waals surface area contributed by atoms with E-state index in [-0.39, 0.29) is 16.7 Å². The van der Waals surface area contributed by atoms with Crippen molar-refractivity contribution in [3.8, 4) is 18.2 Å². The quantitative estimate of drug-likeness (QED) is 0.740. The Bertz CT molecular complexity index is 919. The van der Waals surface area contributed by atoms with Gasteiger partial charge in [0.15, 0.2) is 5.41 Å². The van der Waals surface area contributed by atoms with E-state index < -0.39 is 23.1 Å². The third kappa shape index (κ3) is 2.41. The number of rotatable bonds is 1. The Hall–Kier alpha value is -2.72. The molecule has 1 aromatic rings. The smallest absolute Gasteiger partial charge is 0.190 e. The lowest BCUT2D eigenvalue weighted by Gasteiger charge is -2.46. The second-order valence-corrected chi connectivity index (χ2v) is 7.18. The number of fused-ring (bicyclic) bond motifs is 1. The molecule has 1 aliphatic carbocycles. The fourth-order valence-electron chi connectivity index (χ4n) is 4.16. The summed E-state index contributed by atoms with van der Waals surface area (Å²) in [6, 6.07) is 10.3. The van der Waals surface area contributed by atoms with E-state index >= 15 is 0 Å². The van der Waals surface area contributed by atoms with Crippen molar-refractivity contribution in [1.82, 2.24) is 0 Å². The molecule has 0 amide bonds. The van der Waals surface area contributed by atoms with Gasteiger partial charge in [0.1, 0.15) is 11.7 Å². The lowest BCUT2D eigenvalue weighted by atomic mass is 9.54. The predicted octanol–water partition coefficient (Wildman–Crippen LogP) is 1.84. The molecule has 2 aliphatic rings. The van der Waals surface area contributed by atoms with Crippen molar-refractivity contribution in [3.63, 3.8) is 0 Å². The maximum atomic E-state index is 14.1. The van der Waals surface area contributed by atoms with Crippen LogP contribution < -0.4 is 4.90 Å². The largest absolute Gasteiger partial charge is 0.334 e. The van der Waals surface area contributed by atoms with E-state index in [9.17, 15) is 20.2 Å². The van der Waals surface area contributed by atoms with Crippen molar-refractivity contribution in [3.05, 3.63) is 46.3 Å². The number of nitrogens with zero attached hydrogens (tertiary/aromatic N) is 3. The van der Waals surface area contributed by atoms with Crippen LogP contribution in [0.15, 0.2) is 29.8 Å². The van der Waals surface area contributed by atoms with Crippen molar-refractivity contribution in [2.24, 2.45) is 17.3 Å². The summed E-state index contributed by atoms with van der Waals surface area (Å²) in [5.41, 5.74) is -1.05. The summed E-state index contributed by atoms with van der Waals surface area (Å²) in [5.74, 6) is -2.71. The molecule has 0 bridgehead atoms. The van der Waals surface area contributed by atoms with Crippen LogP contribution >= 0.6 is 11.6 Å². The molecule has 0 aromatic heterocycles. The number of hydrogen-bond donors (Lipinski definition) is 2. The molecule has 1 heterocycles. The van der Waals surface area contributed by atoms with E-state index in [1.165, 1.54) is 12.1 Å². The maximum Gasteiger partial charge on any atom is 0.190 e. The van der Waals surface area contributed by atoms with Crippen molar-refractivity contribution < 1.29 is 9.29 Å². The first-order valence-electron chi connectivity index (χ1n) is 8.17. The summed E-state index contributed by atoms with van der Waals surface area (Å²) < 4.78 is 14.1. The highest BCUT2D eigenvalue weighted by Crippen LogP contribution is 2.53. The number of quaternary nitrogens is 1. The number of hydrogen-bond acceptors (Lipinski definition) is 4. The third-order valence-corrected chi connectivity index (χ3v) is 5.80. The third-order valence-electron chi connectivity index (χ3n) is 5.40. The Morgan fingerprint density at radius 1 is 1.31 bits per heavy atom. The van der Waals surface area contributed by atoms with Gasteiger partial charge in [0.25, 0.3) is 0 Å². The first-order chi connectivity index (χ1) is 12.4. The number of benzene rings is 1. The zero-order chi connectivity index (χ0) is 19.1. The molecule has 26 heavy (non-hydrogen) atoms. The van der Waals surface area contributed by atoms with Crippen LogP contribution in [0.1, 0.15) is 11.5 Å². The minimum atomic E-state index is -1.86. The van der Waals surface area contributed by atoms with E-state index in [0.717, 1.165) is 10.5 Å². The molecule has 0 radical (unpaired) electrons. The van der Waals surface area contributed by atoms with Gasteiger partial charge in [-0.15, -0.1) is 0 Å². The standard InChI is InChI=1S/C19H15ClFN5/c1-26-6-5-11-13(7-22)18(25)19(9-23,10-24)16(14(11)8-26)12-3-2-4-15(21)17(12)20/h2-5,13-14,16,25H,6,8H2,1H3/p+1/t13?,14-,16+/m1/s1. The van der Waals surface area contributed by atoms with Crippen LogP contribution in [-0.2, 0) is 0 Å². The van der Waals surface area contributed by atoms with Crippen molar-refractivity contribution in [2.75, 3.05) is 20.1 Å². The lowest BCUT2D eigenvalue weighted by Crippen LogP contribution is -3.10. The summed E-state index contributed by atoms with van der Waals surface area (Å²) in [5, 5.41) is 37.7. The summed E-state index contributed by atoms with van der Waals surface area (Å²) in [6.45, 7) is 1.26. The Kier molecular flexibility index (Phi) is 4.55. The number of nitrogens with one attached hydrogen (secondary N) is 2. The van der Waals surface area contributed by atoms with Crippen LogP contribution in [0.4, 0.5) is 4.39 Å². The summed E-state index contributed by atoms with van der Waals surface area (Å²) >= 11 is 6.20. The van der Waals surface area contributed by atoms with E-state index in [1.807, 2.05) is 25.3 Å². The molecule has 0 spiro atoms. The van der Waals surface area contributed by atoms with Gasteiger partial charge in [-0.05, 0) is 23.3 Å². The normalized spacial score (nSPS) is 29.5. The highest BCUT2D eigenvalue weighted by molar-refractivity contribution is 6.31. The van der Waals surface area contributed by atoms with E-state index in [2.05, 4.69) is 6.07 Å². The van der Waals surface area contributed by atoms with Gasteiger partial charge in [-0.2, -0.15) is 15.8 Å². The average Bonchev–Trinajstić information content (AvgIpc) is 2.64. The van der Waals surface area contributed by atoms with E-state index in [0.29, 0.717) is 18.7 Å². The van der Waals surface area contributed by atoms with Gasteiger partial charge < -0.3 is 10.3 Å². The van der Waals surface area contributed by atoms with Crippen LogP contribution in [0.2, 0.25) is 5.02 Å². The molecule has 1 saturated carbocycles. The Morgan fingerprint density at radius 2 is 2.00 bits per heavy atom. The van der Waals surface area contributed by atoms with Gasteiger partial charge in [-0.3, -0.25) is 0 Å². The molecule has 4 atom stereocenters. The van der Waals surface area contributed by atoms with Crippen LogP contribution in [0.3, 0.4) is 0 Å². The first kappa shape index (κ1) is 18.1. The fraction of sp³-hybridized carbons (Fsp3) is 0.368. The molecule has 1 fully saturated rings. The molecule has 7 heteroatoms. The zero-order valence-corrected chi connectivity index (χ0v) is 14.8. The maximum absolute atomic E-state index is 14.1.